The average Bonchev–Trinajstić information content (AvgIpc) is 2.42. The highest BCUT2D eigenvalue weighted by Crippen LogP contribution is 2.33. The van der Waals surface area contributed by atoms with Gasteiger partial charge in [-0.15, -0.1) is 0 Å². The van der Waals surface area contributed by atoms with Crippen LogP contribution < -0.4 is 9.47 Å². The Kier molecular flexibility index (Phi) is 3.90. The van der Waals surface area contributed by atoms with Crippen LogP contribution in [-0.2, 0) is 0 Å². The quantitative estimate of drug-likeness (QED) is 0.807. The van der Waals surface area contributed by atoms with E-state index in [0.29, 0.717) is 22.5 Å². The highest BCUT2D eigenvalue weighted by molar-refractivity contribution is 6.30. The molecule has 0 saturated heterocycles. The fourth-order valence-corrected chi connectivity index (χ4v) is 2.07. The molecule has 0 unspecified atom stereocenters. The largest absolute Gasteiger partial charge is 0.493 e. The van der Waals surface area contributed by atoms with Gasteiger partial charge in [-0.05, 0) is 32.0 Å². The molecular formula is C14H15ClN2O2. The van der Waals surface area contributed by atoms with E-state index in [1.54, 1.807) is 14.2 Å². The van der Waals surface area contributed by atoms with Gasteiger partial charge >= 0.3 is 0 Å². The second kappa shape index (κ2) is 5.45. The molecule has 0 radical (unpaired) electrons. The molecule has 0 aliphatic carbocycles. The van der Waals surface area contributed by atoms with Gasteiger partial charge in [0.2, 0.25) is 0 Å². The SMILES string of the molecule is COc1ccc(-c2nc(C)nc(Cl)c2C)cc1OC. The van der Waals surface area contributed by atoms with Crippen LogP contribution in [-0.4, -0.2) is 24.2 Å². The number of hydrogen-bond acceptors (Lipinski definition) is 4. The first-order valence-electron chi connectivity index (χ1n) is 5.80. The fraction of sp³-hybridized carbons (Fsp3) is 0.286. The number of rotatable bonds is 3. The lowest BCUT2D eigenvalue weighted by Gasteiger charge is -2.11. The van der Waals surface area contributed by atoms with E-state index < -0.39 is 0 Å². The predicted molar refractivity (Wildman–Crippen MR) is 75.1 cm³/mol. The Morgan fingerprint density at radius 2 is 1.68 bits per heavy atom. The van der Waals surface area contributed by atoms with Crippen molar-refractivity contribution in [2.75, 3.05) is 14.2 Å². The van der Waals surface area contributed by atoms with Gasteiger partial charge in [-0.1, -0.05) is 11.6 Å². The lowest BCUT2D eigenvalue weighted by Crippen LogP contribution is -1.97. The van der Waals surface area contributed by atoms with Crippen molar-refractivity contribution in [2.24, 2.45) is 0 Å². The van der Waals surface area contributed by atoms with Crippen LogP contribution in [0.1, 0.15) is 11.4 Å². The Balaban J connectivity index is 2.59. The molecule has 5 heteroatoms. The highest BCUT2D eigenvalue weighted by Gasteiger charge is 2.12. The molecule has 0 spiro atoms. The molecule has 0 aliphatic rings. The van der Waals surface area contributed by atoms with Gasteiger partial charge in [-0.3, -0.25) is 0 Å². The molecule has 100 valence electrons. The van der Waals surface area contributed by atoms with Gasteiger partial charge in [0.15, 0.2) is 11.5 Å². The van der Waals surface area contributed by atoms with Gasteiger partial charge < -0.3 is 9.47 Å². The summed E-state index contributed by atoms with van der Waals surface area (Å²) in [6.45, 7) is 3.71. The molecule has 0 saturated carbocycles. The molecular weight excluding hydrogens is 264 g/mol. The number of nitrogens with zero attached hydrogens (tertiary/aromatic N) is 2. The summed E-state index contributed by atoms with van der Waals surface area (Å²) in [6.07, 6.45) is 0. The molecule has 0 bridgehead atoms. The van der Waals surface area contributed by atoms with E-state index in [1.807, 2.05) is 32.0 Å². The van der Waals surface area contributed by atoms with Crippen LogP contribution in [0.25, 0.3) is 11.3 Å². The maximum Gasteiger partial charge on any atom is 0.161 e. The van der Waals surface area contributed by atoms with Crippen LogP contribution in [0.15, 0.2) is 18.2 Å². The smallest absolute Gasteiger partial charge is 0.161 e. The molecule has 4 nitrogen and oxygen atoms in total. The van der Waals surface area contributed by atoms with Crippen molar-refractivity contribution in [3.8, 4) is 22.8 Å². The van der Waals surface area contributed by atoms with E-state index in [4.69, 9.17) is 21.1 Å². The third-order valence-electron chi connectivity index (χ3n) is 2.86. The number of methoxy groups -OCH3 is 2. The molecule has 0 aliphatic heterocycles. The monoisotopic (exact) mass is 278 g/mol. The number of aromatic nitrogens is 2. The lowest BCUT2D eigenvalue weighted by atomic mass is 10.1. The first kappa shape index (κ1) is 13.6. The topological polar surface area (TPSA) is 44.2 Å². The van der Waals surface area contributed by atoms with Crippen LogP contribution in [0.4, 0.5) is 0 Å². The van der Waals surface area contributed by atoms with Gasteiger partial charge in [0.05, 0.1) is 19.9 Å². The van der Waals surface area contributed by atoms with Gasteiger partial charge in [0.1, 0.15) is 11.0 Å². The normalized spacial score (nSPS) is 10.4. The van der Waals surface area contributed by atoms with Gasteiger partial charge in [0.25, 0.3) is 0 Å². The van der Waals surface area contributed by atoms with E-state index in [0.717, 1.165) is 16.8 Å². The summed E-state index contributed by atoms with van der Waals surface area (Å²) in [7, 11) is 3.21. The fourth-order valence-electron chi connectivity index (χ4n) is 1.86. The zero-order chi connectivity index (χ0) is 14.0. The number of hydrogen-bond donors (Lipinski definition) is 0. The summed E-state index contributed by atoms with van der Waals surface area (Å²) >= 11 is 6.09. The second-order valence-electron chi connectivity index (χ2n) is 4.10. The Morgan fingerprint density at radius 1 is 1.00 bits per heavy atom. The average molecular weight is 279 g/mol. The van der Waals surface area contributed by atoms with Crippen molar-refractivity contribution < 1.29 is 9.47 Å². The minimum absolute atomic E-state index is 0.470. The van der Waals surface area contributed by atoms with Crippen molar-refractivity contribution in [1.29, 1.82) is 0 Å². The van der Waals surface area contributed by atoms with Gasteiger partial charge in [-0.25, -0.2) is 9.97 Å². The van der Waals surface area contributed by atoms with Gasteiger partial charge in [-0.2, -0.15) is 0 Å². The highest BCUT2D eigenvalue weighted by atomic mass is 35.5. The van der Waals surface area contributed by atoms with Crippen LogP contribution in [0.3, 0.4) is 0 Å². The van der Waals surface area contributed by atoms with Gasteiger partial charge in [0, 0.05) is 11.1 Å². The van der Waals surface area contributed by atoms with E-state index in [2.05, 4.69) is 9.97 Å². The Bertz CT molecular complexity index is 615. The van der Waals surface area contributed by atoms with Crippen LogP contribution in [0, 0.1) is 13.8 Å². The maximum atomic E-state index is 6.09. The second-order valence-corrected chi connectivity index (χ2v) is 4.46. The zero-order valence-corrected chi connectivity index (χ0v) is 12.1. The molecule has 0 N–H and O–H groups in total. The summed E-state index contributed by atoms with van der Waals surface area (Å²) in [4.78, 5) is 8.58. The van der Waals surface area contributed by atoms with Crippen molar-refractivity contribution >= 4 is 11.6 Å². The molecule has 2 aromatic rings. The van der Waals surface area contributed by atoms with Crippen LogP contribution in [0.5, 0.6) is 11.5 Å². The molecule has 1 heterocycles. The Morgan fingerprint density at radius 3 is 2.32 bits per heavy atom. The third-order valence-corrected chi connectivity index (χ3v) is 3.22. The first-order valence-corrected chi connectivity index (χ1v) is 6.17. The standard InChI is InChI=1S/C14H15ClN2O2/c1-8-13(16-9(2)17-14(8)15)10-5-6-11(18-3)12(7-10)19-4/h5-7H,1-4H3. The number of ether oxygens (including phenoxy) is 2. The predicted octanol–water partition coefficient (Wildman–Crippen LogP) is 3.43. The Hall–Kier alpha value is -1.81. The molecule has 1 aromatic carbocycles. The van der Waals surface area contributed by atoms with E-state index in [-0.39, 0.29) is 0 Å². The lowest BCUT2D eigenvalue weighted by molar-refractivity contribution is 0.355. The molecule has 0 fully saturated rings. The van der Waals surface area contributed by atoms with E-state index in [9.17, 15) is 0 Å². The number of benzene rings is 1. The Labute approximate surface area is 117 Å². The van der Waals surface area contributed by atoms with Crippen LogP contribution >= 0.6 is 11.6 Å². The summed E-state index contributed by atoms with van der Waals surface area (Å²) in [6, 6.07) is 5.65. The molecule has 0 amide bonds. The third kappa shape index (κ3) is 2.63. The molecule has 0 atom stereocenters. The number of aryl methyl sites for hydroxylation is 1. The van der Waals surface area contributed by atoms with Crippen molar-refractivity contribution in [3.63, 3.8) is 0 Å². The minimum atomic E-state index is 0.470. The molecule has 19 heavy (non-hydrogen) atoms. The van der Waals surface area contributed by atoms with Crippen molar-refractivity contribution in [2.45, 2.75) is 13.8 Å². The van der Waals surface area contributed by atoms with E-state index >= 15 is 0 Å². The first-order chi connectivity index (χ1) is 9.06. The number of halogens is 1. The summed E-state index contributed by atoms with van der Waals surface area (Å²) < 4.78 is 10.5. The molecule has 2 rings (SSSR count). The zero-order valence-electron chi connectivity index (χ0n) is 11.3. The minimum Gasteiger partial charge on any atom is -0.493 e. The summed E-state index contributed by atoms with van der Waals surface area (Å²) in [5.74, 6) is 1.98. The van der Waals surface area contributed by atoms with Crippen molar-refractivity contribution in [3.05, 3.63) is 34.7 Å². The van der Waals surface area contributed by atoms with Crippen LogP contribution in [0.2, 0.25) is 5.15 Å². The maximum absolute atomic E-state index is 6.09. The van der Waals surface area contributed by atoms with Crippen molar-refractivity contribution in [1.82, 2.24) is 9.97 Å². The van der Waals surface area contributed by atoms with E-state index in [1.165, 1.54) is 0 Å². The summed E-state index contributed by atoms with van der Waals surface area (Å²) in [5.41, 5.74) is 2.57. The molecule has 1 aromatic heterocycles. The summed E-state index contributed by atoms with van der Waals surface area (Å²) in [5, 5.41) is 0.470.